The lowest BCUT2D eigenvalue weighted by Gasteiger charge is -2.36. The number of rotatable bonds is 4. The largest absolute Gasteiger partial charge is 0.357 e. The number of guanidine groups is 1. The maximum absolute atomic E-state index is 11.4. The van der Waals surface area contributed by atoms with E-state index in [1.165, 1.54) is 5.56 Å². The Kier molecular flexibility index (Phi) is 9.43. The monoisotopic (exact) mass is 464 g/mol. The topological polar surface area (TPSA) is 47.9 Å². The Bertz CT molecular complexity index is 559. The Balaban J connectivity index is 0.00000288. The fraction of sp³-hybridized carbons (Fsp3) is 0.529. The smallest absolute Gasteiger partial charge is 0.219 e. The van der Waals surface area contributed by atoms with Crippen molar-refractivity contribution in [3.8, 4) is 0 Å². The molecule has 1 aromatic carbocycles. The summed E-state index contributed by atoms with van der Waals surface area (Å²) in [5, 5.41) is 4.10. The Morgan fingerprint density at radius 3 is 2.50 bits per heavy atom. The van der Waals surface area contributed by atoms with Crippen LogP contribution in [0.2, 0.25) is 5.02 Å². The van der Waals surface area contributed by atoms with Crippen molar-refractivity contribution in [1.82, 2.24) is 15.1 Å². The first kappa shape index (κ1) is 21.0. The maximum atomic E-state index is 11.4. The van der Waals surface area contributed by atoms with Gasteiger partial charge in [0.1, 0.15) is 0 Å². The summed E-state index contributed by atoms with van der Waals surface area (Å²) in [5.74, 6) is 1.07. The molecule has 134 valence electrons. The first-order chi connectivity index (χ1) is 11.1. The summed E-state index contributed by atoms with van der Waals surface area (Å²) in [7, 11) is 0. The lowest BCUT2D eigenvalue weighted by molar-refractivity contribution is -0.130. The molecule has 24 heavy (non-hydrogen) atoms. The lowest BCUT2D eigenvalue weighted by Crippen LogP contribution is -2.53. The van der Waals surface area contributed by atoms with Crippen LogP contribution >= 0.6 is 35.6 Å². The molecule has 5 nitrogen and oxygen atoms in total. The van der Waals surface area contributed by atoms with Crippen molar-refractivity contribution >= 4 is 47.4 Å². The van der Waals surface area contributed by atoms with Crippen LogP contribution in [-0.4, -0.2) is 60.9 Å². The molecule has 1 saturated heterocycles. The molecule has 1 aromatic rings. The van der Waals surface area contributed by atoms with Gasteiger partial charge in [-0.05, 0) is 31.0 Å². The highest BCUT2D eigenvalue weighted by molar-refractivity contribution is 14.0. The number of amides is 1. The number of benzene rings is 1. The van der Waals surface area contributed by atoms with E-state index in [-0.39, 0.29) is 29.9 Å². The number of piperazine rings is 1. The summed E-state index contributed by atoms with van der Waals surface area (Å²) >= 11 is 6.01. The van der Waals surface area contributed by atoms with Crippen molar-refractivity contribution in [3.63, 3.8) is 0 Å². The van der Waals surface area contributed by atoms with Crippen LogP contribution in [0.15, 0.2) is 29.3 Å². The number of carbonyl (C=O) groups excluding carboxylic acids is 1. The molecule has 2 rings (SSSR count). The molecule has 1 heterocycles. The molecule has 0 aliphatic carbocycles. The van der Waals surface area contributed by atoms with Gasteiger partial charge < -0.3 is 15.1 Å². The van der Waals surface area contributed by atoms with Gasteiger partial charge in [0.15, 0.2) is 5.96 Å². The summed E-state index contributed by atoms with van der Waals surface area (Å²) in [5.41, 5.74) is 1.19. The van der Waals surface area contributed by atoms with Crippen LogP contribution in [0.3, 0.4) is 0 Å². The molecule has 0 spiro atoms. The molecule has 1 aliphatic rings. The molecule has 0 bridgehead atoms. The second-order valence-corrected chi connectivity index (χ2v) is 6.05. The molecule has 1 fully saturated rings. The summed E-state index contributed by atoms with van der Waals surface area (Å²) < 4.78 is 0. The van der Waals surface area contributed by atoms with Crippen molar-refractivity contribution in [2.45, 2.75) is 20.3 Å². The number of aliphatic imine (C=N–C) groups is 1. The molecular weight excluding hydrogens is 439 g/mol. The van der Waals surface area contributed by atoms with Crippen molar-refractivity contribution in [2.75, 3.05) is 39.3 Å². The van der Waals surface area contributed by atoms with Gasteiger partial charge in [-0.1, -0.05) is 23.7 Å². The van der Waals surface area contributed by atoms with Crippen LogP contribution in [0.5, 0.6) is 0 Å². The Labute approximate surface area is 166 Å². The van der Waals surface area contributed by atoms with E-state index in [0.717, 1.165) is 56.7 Å². The maximum Gasteiger partial charge on any atom is 0.219 e. The van der Waals surface area contributed by atoms with Crippen LogP contribution in [0.4, 0.5) is 0 Å². The minimum atomic E-state index is 0. The van der Waals surface area contributed by atoms with Crippen LogP contribution in [0.25, 0.3) is 0 Å². The number of hydrogen-bond donors (Lipinski definition) is 1. The van der Waals surface area contributed by atoms with Crippen molar-refractivity contribution in [3.05, 3.63) is 34.9 Å². The predicted molar refractivity (Wildman–Crippen MR) is 110 cm³/mol. The van der Waals surface area contributed by atoms with Gasteiger partial charge in [-0.25, -0.2) is 0 Å². The van der Waals surface area contributed by atoms with Gasteiger partial charge in [-0.15, -0.1) is 24.0 Å². The number of hydrogen-bond acceptors (Lipinski definition) is 2. The zero-order chi connectivity index (χ0) is 16.7. The van der Waals surface area contributed by atoms with Gasteiger partial charge in [0.05, 0.1) is 0 Å². The second kappa shape index (κ2) is 10.8. The fourth-order valence-electron chi connectivity index (χ4n) is 2.64. The van der Waals surface area contributed by atoms with Crippen LogP contribution in [0, 0.1) is 0 Å². The lowest BCUT2D eigenvalue weighted by atomic mass is 10.1. The van der Waals surface area contributed by atoms with E-state index in [1.54, 1.807) is 6.92 Å². The van der Waals surface area contributed by atoms with Gasteiger partial charge in [-0.2, -0.15) is 0 Å². The number of halogens is 2. The SMILES string of the molecule is CCNC(=NCCc1cccc(Cl)c1)N1CCN(C(C)=O)CC1.I. The van der Waals surface area contributed by atoms with Crippen LogP contribution < -0.4 is 5.32 Å². The average Bonchev–Trinajstić information content (AvgIpc) is 2.54. The quantitative estimate of drug-likeness (QED) is 0.423. The second-order valence-electron chi connectivity index (χ2n) is 5.61. The van der Waals surface area contributed by atoms with Gasteiger partial charge >= 0.3 is 0 Å². The highest BCUT2D eigenvalue weighted by Gasteiger charge is 2.20. The van der Waals surface area contributed by atoms with E-state index in [1.807, 2.05) is 23.1 Å². The van der Waals surface area contributed by atoms with E-state index < -0.39 is 0 Å². The molecule has 0 aromatic heterocycles. The number of nitrogens with zero attached hydrogens (tertiary/aromatic N) is 3. The Morgan fingerprint density at radius 2 is 1.92 bits per heavy atom. The Hall–Kier alpha value is -1.02. The van der Waals surface area contributed by atoms with Crippen molar-refractivity contribution < 1.29 is 4.79 Å². The molecule has 1 amide bonds. The fourth-order valence-corrected chi connectivity index (χ4v) is 2.86. The molecule has 1 aliphatic heterocycles. The van der Waals surface area contributed by atoms with Crippen molar-refractivity contribution in [2.24, 2.45) is 4.99 Å². The molecule has 0 radical (unpaired) electrons. The van der Waals surface area contributed by atoms with E-state index in [9.17, 15) is 4.79 Å². The molecule has 0 saturated carbocycles. The third kappa shape index (κ3) is 6.47. The highest BCUT2D eigenvalue weighted by Crippen LogP contribution is 2.11. The van der Waals surface area contributed by atoms with Crippen LogP contribution in [-0.2, 0) is 11.2 Å². The minimum Gasteiger partial charge on any atom is -0.357 e. The van der Waals surface area contributed by atoms with E-state index in [4.69, 9.17) is 16.6 Å². The van der Waals surface area contributed by atoms with Gasteiger partial charge in [0.25, 0.3) is 0 Å². The molecular formula is C17H26ClIN4O. The van der Waals surface area contributed by atoms with Gasteiger partial charge in [0.2, 0.25) is 5.91 Å². The normalized spacial score (nSPS) is 15.0. The van der Waals surface area contributed by atoms with Gasteiger partial charge in [-0.3, -0.25) is 9.79 Å². The predicted octanol–water partition coefficient (Wildman–Crippen LogP) is 2.63. The molecule has 7 heteroatoms. The molecule has 0 atom stereocenters. The molecule has 0 unspecified atom stereocenters. The molecule has 1 N–H and O–H groups in total. The third-order valence-electron chi connectivity index (χ3n) is 3.91. The zero-order valence-electron chi connectivity index (χ0n) is 14.3. The number of nitrogens with one attached hydrogen (secondary N) is 1. The van der Waals surface area contributed by atoms with E-state index in [0.29, 0.717) is 0 Å². The Morgan fingerprint density at radius 1 is 1.25 bits per heavy atom. The first-order valence-electron chi connectivity index (χ1n) is 8.13. The summed E-state index contributed by atoms with van der Waals surface area (Å²) in [6.45, 7) is 8.41. The van der Waals surface area contributed by atoms with Gasteiger partial charge in [0, 0.05) is 51.2 Å². The number of carbonyl (C=O) groups is 1. The summed E-state index contributed by atoms with van der Waals surface area (Å²) in [6.07, 6.45) is 0.864. The average molecular weight is 465 g/mol. The highest BCUT2D eigenvalue weighted by atomic mass is 127. The summed E-state index contributed by atoms with van der Waals surface area (Å²) in [4.78, 5) is 20.2. The first-order valence-corrected chi connectivity index (χ1v) is 8.51. The van der Waals surface area contributed by atoms with E-state index in [2.05, 4.69) is 23.2 Å². The summed E-state index contributed by atoms with van der Waals surface area (Å²) in [6, 6.07) is 7.90. The standard InChI is InChI=1S/C17H25ClN4O.HI/c1-3-19-17(22-11-9-21(10-12-22)14(2)23)20-8-7-15-5-4-6-16(18)13-15;/h4-6,13H,3,7-12H2,1-2H3,(H,19,20);1H. The minimum absolute atomic E-state index is 0. The van der Waals surface area contributed by atoms with Crippen LogP contribution in [0.1, 0.15) is 19.4 Å². The third-order valence-corrected chi connectivity index (χ3v) is 4.15. The van der Waals surface area contributed by atoms with Crippen molar-refractivity contribution in [1.29, 1.82) is 0 Å². The zero-order valence-corrected chi connectivity index (χ0v) is 17.4. The van der Waals surface area contributed by atoms with E-state index >= 15 is 0 Å².